The number of rotatable bonds is 9. The molecule has 0 atom stereocenters. The van der Waals surface area contributed by atoms with E-state index >= 15 is 0 Å². The first-order valence-electron chi connectivity index (χ1n) is 12.9. The predicted octanol–water partition coefficient (Wildman–Crippen LogP) is 5.07. The van der Waals surface area contributed by atoms with Crippen molar-refractivity contribution >= 4 is 40.9 Å². The highest BCUT2D eigenvalue weighted by molar-refractivity contribution is 6.48. The van der Waals surface area contributed by atoms with Gasteiger partial charge < -0.3 is 19.9 Å². The monoisotopic (exact) mass is 549 g/mol. The maximum atomic E-state index is 13.6. The minimum Gasteiger partial charge on any atom is -0.481 e. The molecule has 2 aromatic rings. The Labute approximate surface area is 223 Å². The number of amides is 2. The first-order chi connectivity index (χ1) is 18.1. The number of aliphatic carboxylic acids is 1. The van der Waals surface area contributed by atoms with Crippen LogP contribution < -0.4 is 5.32 Å². The van der Waals surface area contributed by atoms with Gasteiger partial charge in [0, 0.05) is 43.0 Å². The lowest BCUT2D eigenvalue weighted by atomic mass is 9.82. The normalized spacial score (nSPS) is 18.6. The number of halogens is 3. The summed E-state index contributed by atoms with van der Waals surface area (Å²) in [6.45, 7) is 2.54. The standard InChI is InChI=1S/C27H30ClF2N3O5/c1-2-32(17-9-5-15(6-10-17)7-12-21(34)35)27(38)25(36)24-23(28)22(20-4-3-13-33(20)24)26(37)31-16-8-11-18(29)19(30)14-16/h8,11,14-15,17H,2-7,9-10,12-13H2,1H3,(H,31,37)(H,34,35). The zero-order valence-electron chi connectivity index (χ0n) is 21.1. The number of carbonyl (C=O) groups is 4. The van der Waals surface area contributed by atoms with Crippen molar-refractivity contribution in [2.75, 3.05) is 11.9 Å². The highest BCUT2D eigenvalue weighted by Gasteiger charge is 2.38. The number of hydrogen-bond acceptors (Lipinski definition) is 4. The van der Waals surface area contributed by atoms with Crippen molar-refractivity contribution in [2.24, 2.45) is 5.92 Å². The molecule has 0 unspecified atom stereocenters. The third kappa shape index (κ3) is 5.60. The number of carboxylic acids is 1. The third-order valence-electron chi connectivity index (χ3n) is 7.55. The minimum atomic E-state index is -1.12. The minimum absolute atomic E-state index is 0.0305. The van der Waals surface area contributed by atoms with Crippen molar-refractivity contribution < 1.29 is 33.1 Å². The lowest BCUT2D eigenvalue weighted by molar-refractivity contribution is -0.137. The number of nitrogens with one attached hydrogen (secondary N) is 1. The molecule has 8 nitrogen and oxygen atoms in total. The largest absolute Gasteiger partial charge is 0.481 e. The fourth-order valence-electron chi connectivity index (χ4n) is 5.64. The van der Waals surface area contributed by atoms with E-state index in [0.29, 0.717) is 50.9 Å². The van der Waals surface area contributed by atoms with Gasteiger partial charge >= 0.3 is 5.97 Å². The summed E-state index contributed by atoms with van der Waals surface area (Å²) in [7, 11) is 0. The molecule has 1 aliphatic carbocycles. The van der Waals surface area contributed by atoms with Gasteiger partial charge in [-0.3, -0.25) is 19.2 Å². The van der Waals surface area contributed by atoms with E-state index in [4.69, 9.17) is 16.7 Å². The van der Waals surface area contributed by atoms with Crippen LogP contribution in [0.1, 0.15) is 78.4 Å². The number of carboxylic acid groups (broad SMARTS) is 1. The lowest BCUT2D eigenvalue weighted by Gasteiger charge is -2.36. The molecule has 2 aliphatic rings. The number of benzene rings is 1. The number of anilines is 1. The molecule has 2 heterocycles. The molecule has 2 N–H and O–H groups in total. The van der Waals surface area contributed by atoms with Crippen LogP contribution in [-0.2, 0) is 22.6 Å². The van der Waals surface area contributed by atoms with Crippen LogP contribution in [0.3, 0.4) is 0 Å². The summed E-state index contributed by atoms with van der Waals surface area (Å²) >= 11 is 6.56. The summed E-state index contributed by atoms with van der Waals surface area (Å²) in [5, 5.41) is 11.3. The van der Waals surface area contributed by atoms with Crippen LogP contribution in [0.5, 0.6) is 0 Å². The third-order valence-corrected chi connectivity index (χ3v) is 7.91. The zero-order chi connectivity index (χ0) is 27.6. The van der Waals surface area contributed by atoms with E-state index in [1.807, 2.05) is 0 Å². The smallest absolute Gasteiger partial charge is 0.303 e. The molecule has 1 saturated carbocycles. The first-order valence-corrected chi connectivity index (χ1v) is 13.2. The van der Waals surface area contributed by atoms with Gasteiger partial charge in [0.25, 0.3) is 17.6 Å². The molecule has 38 heavy (non-hydrogen) atoms. The Morgan fingerprint density at radius 3 is 2.47 bits per heavy atom. The van der Waals surface area contributed by atoms with Crippen LogP contribution in [-0.4, -0.2) is 50.7 Å². The van der Waals surface area contributed by atoms with Crippen molar-refractivity contribution in [1.82, 2.24) is 9.47 Å². The highest BCUT2D eigenvalue weighted by atomic mass is 35.5. The van der Waals surface area contributed by atoms with Gasteiger partial charge in [0.05, 0.1) is 10.6 Å². The molecule has 0 spiro atoms. The average Bonchev–Trinajstić information content (AvgIpc) is 3.45. The van der Waals surface area contributed by atoms with E-state index < -0.39 is 35.2 Å². The molecule has 1 aliphatic heterocycles. The molecule has 4 rings (SSSR count). The van der Waals surface area contributed by atoms with Crippen LogP contribution in [0.2, 0.25) is 5.02 Å². The molecule has 0 saturated heterocycles. The van der Waals surface area contributed by atoms with Crippen molar-refractivity contribution in [1.29, 1.82) is 0 Å². The summed E-state index contributed by atoms with van der Waals surface area (Å²) in [6.07, 6.45) is 4.77. The number of likely N-dealkylation sites (N-methyl/N-ethyl adjacent to an activating group) is 1. The van der Waals surface area contributed by atoms with E-state index in [1.165, 1.54) is 6.07 Å². The number of hydrogen-bond donors (Lipinski definition) is 2. The maximum Gasteiger partial charge on any atom is 0.303 e. The van der Waals surface area contributed by atoms with Crippen LogP contribution >= 0.6 is 11.6 Å². The number of ketones is 1. The van der Waals surface area contributed by atoms with Gasteiger partial charge in [-0.2, -0.15) is 0 Å². The molecule has 0 bridgehead atoms. The summed E-state index contributed by atoms with van der Waals surface area (Å²) in [5.41, 5.74) is 0.566. The van der Waals surface area contributed by atoms with Gasteiger partial charge in [-0.05, 0) is 69.9 Å². The maximum absolute atomic E-state index is 13.6. The lowest BCUT2D eigenvalue weighted by Crippen LogP contribution is -2.45. The second-order valence-corrected chi connectivity index (χ2v) is 10.2. The molecule has 0 radical (unpaired) electrons. The van der Waals surface area contributed by atoms with Crippen molar-refractivity contribution in [3.05, 3.63) is 51.8 Å². The molecule has 1 fully saturated rings. The summed E-state index contributed by atoms with van der Waals surface area (Å²) in [4.78, 5) is 52.4. The zero-order valence-corrected chi connectivity index (χ0v) is 21.8. The Morgan fingerprint density at radius 1 is 1.13 bits per heavy atom. The highest BCUT2D eigenvalue weighted by Crippen LogP contribution is 2.35. The van der Waals surface area contributed by atoms with Gasteiger partial charge in [0.1, 0.15) is 5.69 Å². The van der Waals surface area contributed by atoms with Gasteiger partial charge in [-0.15, -0.1) is 0 Å². The molecule has 204 valence electrons. The molecule has 2 amide bonds. The fraction of sp³-hybridized carbons (Fsp3) is 0.481. The van der Waals surface area contributed by atoms with E-state index in [2.05, 4.69) is 5.32 Å². The van der Waals surface area contributed by atoms with Gasteiger partial charge in [0.15, 0.2) is 11.6 Å². The first kappa shape index (κ1) is 27.8. The second-order valence-electron chi connectivity index (χ2n) is 9.85. The van der Waals surface area contributed by atoms with Crippen LogP contribution in [0.15, 0.2) is 18.2 Å². The van der Waals surface area contributed by atoms with E-state index in [-0.39, 0.29) is 40.3 Å². The number of aromatic nitrogens is 1. The quantitative estimate of drug-likeness (QED) is 0.335. The van der Waals surface area contributed by atoms with Gasteiger partial charge in [-0.1, -0.05) is 11.6 Å². The molecule has 11 heteroatoms. The number of Topliss-reactive ketones (excluding diaryl/α,β-unsaturated/α-hetero) is 1. The Bertz CT molecular complexity index is 1270. The van der Waals surface area contributed by atoms with Crippen molar-refractivity contribution in [3.63, 3.8) is 0 Å². The molecular formula is C27H30ClF2N3O5. The fourth-order valence-corrected chi connectivity index (χ4v) is 6.02. The second kappa shape index (κ2) is 11.6. The summed E-state index contributed by atoms with van der Waals surface area (Å²) in [5.74, 6) is -4.86. The average molecular weight is 550 g/mol. The predicted molar refractivity (Wildman–Crippen MR) is 136 cm³/mol. The molecular weight excluding hydrogens is 520 g/mol. The van der Waals surface area contributed by atoms with Crippen molar-refractivity contribution in [3.8, 4) is 0 Å². The van der Waals surface area contributed by atoms with Crippen LogP contribution in [0.25, 0.3) is 0 Å². The van der Waals surface area contributed by atoms with Crippen molar-refractivity contribution in [2.45, 2.75) is 70.9 Å². The van der Waals surface area contributed by atoms with Crippen LogP contribution in [0, 0.1) is 17.6 Å². The SMILES string of the molecule is CCN(C(=O)C(=O)c1c(Cl)c(C(=O)Nc2ccc(F)c(F)c2)c2n1CCC2)C1CCC(CCC(=O)O)CC1. The number of fused-ring (bicyclic) bond motifs is 1. The van der Waals surface area contributed by atoms with E-state index in [9.17, 15) is 28.0 Å². The van der Waals surface area contributed by atoms with Gasteiger partial charge in [-0.25, -0.2) is 8.78 Å². The Kier molecular flexibility index (Phi) is 8.50. The number of carbonyl (C=O) groups excluding carboxylic acids is 3. The number of nitrogens with zero attached hydrogens (tertiary/aromatic N) is 2. The Balaban J connectivity index is 1.52. The van der Waals surface area contributed by atoms with E-state index in [0.717, 1.165) is 25.0 Å². The van der Waals surface area contributed by atoms with E-state index in [1.54, 1.807) is 16.4 Å². The molecule has 1 aromatic carbocycles. The van der Waals surface area contributed by atoms with Gasteiger partial charge in [0.2, 0.25) is 0 Å². The summed E-state index contributed by atoms with van der Waals surface area (Å²) in [6, 6.07) is 2.82. The molecule has 1 aromatic heterocycles. The Hall–Kier alpha value is -3.27. The topological polar surface area (TPSA) is 109 Å². The van der Waals surface area contributed by atoms with Crippen LogP contribution in [0.4, 0.5) is 14.5 Å². The Morgan fingerprint density at radius 2 is 1.84 bits per heavy atom. The summed E-state index contributed by atoms with van der Waals surface area (Å²) < 4.78 is 28.5.